The van der Waals surface area contributed by atoms with Crippen molar-refractivity contribution in [1.29, 1.82) is 0 Å². The Bertz CT molecular complexity index is 658. The van der Waals surface area contributed by atoms with Crippen molar-refractivity contribution in [2.45, 2.75) is 36.6 Å². The van der Waals surface area contributed by atoms with Crippen LogP contribution in [0.3, 0.4) is 0 Å². The molecule has 5 nitrogen and oxygen atoms in total. The van der Waals surface area contributed by atoms with Crippen molar-refractivity contribution in [2.24, 2.45) is 0 Å². The van der Waals surface area contributed by atoms with E-state index in [-0.39, 0.29) is 12.8 Å². The van der Waals surface area contributed by atoms with Crippen LogP contribution in [-0.2, 0) is 12.0 Å². The molecule has 3 unspecified atom stereocenters. The van der Waals surface area contributed by atoms with Gasteiger partial charge in [0.25, 0.3) is 0 Å². The molecule has 1 aromatic carbocycles. The third-order valence-corrected chi connectivity index (χ3v) is 5.45. The van der Waals surface area contributed by atoms with Gasteiger partial charge in [-0.2, -0.15) is 0 Å². The molecule has 0 radical (unpaired) electrons. The Kier molecular flexibility index (Phi) is 2.17. The first kappa shape index (κ1) is 12.0. The highest BCUT2D eigenvalue weighted by molar-refractivity contribution is 5.56. The van der Waals surface area contributed by atoms with Gasteiger partial charge >= 0.3 is 0 Å². The highest BCUT2D eigenvalue weighted by atomic mass is 16.7. The summed E-state index contributed by atoms with van der Waals surface area (Å²) in [6.07, 6.45) is 3.63. The van der Waals surface area contributed by atoms with Crippen molar-refractivity contribution < 1.29 is 19.7 Å². The maximum Gasteiger partial charge on any atom is 0.231 e. The quantitative estimate of drug-likeness (QED) is 0.682. The van der Waals surface area contributed by atoms with Gasteiger partial charge in [0.2, 0.25) is 6.79 Å². The van der Waals surface area contributed by atoms with Crippen molar-refractivity contribution in [3.63, 3.8) is 0 Å². The predicted octanol–water partition coefficient (Wildman–Crippen LogP) is 0.533. The van der Waals surface area contributed by atoms with Crippen molar-refractivity contribution in [2.75, 3.05) is 13.3 Å². The van der Waals surface area contributed by atoms with E-state index in [4.69, 9.17) is 9.47 Å². The molecule has 0 aromatic heterocycles. The number of nitrogens with zero attached hydrogens (tertiary/aromatic N) is 1. The van der Waals surface area contributed by atoms with Crippen LogP contribution in [0.5, 0.6) is 11.5 Å². The zero-order valence-corrected chi connectivity index (χ0v) is 11.5. The largest absolute Gasteiger partial charge is 0.454 e. The van der Waals surface area contributed by atoms with Crippen LogP contribution in [0, 0.1) is 0 Å². The first-order valence-electron chi connectivity index (χ1n) is 7.41. The van der Waals surface area contributed by atoms with Crippen LogP contribution in [0.1, 0.15) is 17.5 Å². The standard InChI is InChI=1S/C16H17NO4/c18-10-1-2-16-11-5-13-12(20-8-21-13)3-9(11)6-17(7-15(16)19)14(16)4-10/h1-3,5,10,14-15,18-19H,4,6-8H2/t10-,14?,15?,16-/m0/s1. The zero-order valence-electron chi connectivity index (χ0n) is 11.5. The normalized spacial score (nSPS) is 41.8. The molecular weight excluding hydrogens is 270 g/mol. The molecule has 110 valence electrons. The minimum absolute atomic E-state index is 0.153. The van der Waals surface area contributed by atoms with Gasteiger partial charge in [0.15, 0.2) is 11.5 Å². The molecular formula is C16H17NO4. The monoisotopic (exact) mass is 287 g/mol. The van der Waals surface area contributed by atoms with E-state index in [9.17, 15) is 10.2 Å². The third kappa shape index (κ3) is 1.36. The van der Waals surface area contributed by atoms with E-state index in [1.807, 2.05) is 24.3 Å². The summed E-state index contributed by atoms with van der Waals surface area (Å²) in [5.41, 5.74) is 1.89. The first-order chi connectivity index (χ1) is 10.2. The molecule has 2 bridgehead atoms. The van der Waals surface area contributed by atoms with Crippen molar-refractivity contribution >= 4 is 0 Å². The van der Waals surface area contributed by atoms with E-state index >= 15 is 0 Å². The fourth-order valence-electron chi connectivity index (χ4n) is 4.53. The van der Waals surface area contributed by atoms with Gasteiger partial charge in [-0.1, -0.05) is 12.2 Å². The van der Waals surface area contributed by atoms with Crippen LogP contribution in [0.25, 0.3) is 0 Å². The molecule has 5 atom stereocenters. The molecule has 3 aliphatic heterocycles. The molecule has 1 saturated heterocycles. The maximum absolute atomic E-state index is 10.7. The fraction of sp³-hybridized carbons (Fsp3) is 0.500. The average molecular weight is 287 g/mol. The number of aliphatic hydroxyl groups excluding tert-OH is 2. The van der Waals surface area contributed by atoms with Gasteiger partial charge in [0, 0.05) is 19.1 Å². The van der Waals surface area contributed by atoms with Crippen molar-refractivity contribution in [1.82, 2.24) is 4.90 Å². The van der Waals surface area contributed by atoms with E-state index in [1.54, 1.807) is 0 Å². The van der Waals surface area contributed by atoms with Crippen molar-refractivity contribution in [3.05, 3.63) is 35.4 Å². The van der Waals surface area contributed by atoms with Crippen LogP contribution in [0.15, 0.2) is 24.3 Å². The number of rotatable bonds is 0. The molecule has 2 N–H and O–H groups in total. The Labute approximate surface area is 122 Å². The smallest absolute Gasteiger partial charge is 0.231 e. The molecule has 1 fully saturated rings. The second-order valence-corrected chi connectivity index (χ2v) is 6.42. The summed E-state index contributed by atoms with van der Waals surface area (Å²) in [5, 5.41) is 20.7. The lowest BCUT2D eigenvalue weighted by Gasteiger charge is -2.45. The van der Waals surface area contributed by atoms with Gasteiger partial charge < -0.3 is 19.7 Å². The average Bonchev–Trinajstić information content (AvgIpc) is 2.99. The Hall–Kier alpha value is -1.56. The third-order valence-electron chi connectivity index (χ3n) is 5.45. The highest BCUT2D eigenvalue weighted by Gasteiger charge is 2.58. The lowest BCUT2D eigenvalue weighted by Crippen LogP contribution is -2.52. The molecule has 0 saturated carbocycles. The summed E-state index contributed by atoms with van der Waals surface area (Å²) in [6, 6.07) is 4.22. The maximum atomic E-state index is 10.7. The number of benzene rings is 1. The van der Waals surface area contributed by atoms with Gasteiger partial charge in [0.1, 0.15) is 0 Å². The molecule has 21 heavy (non-hydrogen) atoms. The first-order valence-corrected chi connectivity index (χ1v) is 7.41. The summed E-state index contributed by atoms with van der Waals surface area (Å²) in [6.45, 7) is 1.69. The van der Waals surface area contributed by atoms with Crippen LogP contribution >= 0.6 is 0 Å². The van der Waals surface area contributed by atoms with Gasteiger partial charge in [0.05, 0.1) is 17.6 Å². The van der Waals surface area contributed by atoms with E-state index in [0.29, 0.717) is 13.0 Å². The topological polar surface area (TPSA) is 62.2 Å². The molecule has 1 aliphatic carbocycles. The summed E-state index contributed by atoms with van der Waals surface area (Å²) in [4.78, 5) is 2.28. The van der Waals surface area contributed by atoms with Crippen molar-refractivity contribution in [3.8, 4) is 11.5 Å². The molecule has 1 aromatic rings. The second-order valence-electron chi connectivity index (χ2n) is 6.42. The van der Waals surface area contributed by atoms with E-state index in [2.05, 4.69) is 4.90 Å². The number of aliphatic hydroxyl groups is 2. The molecule has 5 rings (SSSR count). The number of hydrogen-bond acceptors (Lipinski definition) is 5. The Morgan fingerprint density at radius 2 is 2.00 bits per heavy atom. The second kappa shape index (κ2) is 3.80. The predicted molar refractivity (Wildman–Crippen MR) is 74.2 cm³/mol. The highest BCUT2D eigenvalue weighted by Crippen LogP contribution is 2.53. The number of fused-ring (bicyclic) bond motifs is 2. The van der Waals surface area contributed by atoms with Gasteiger partial charge in [-0.05, 0) is 29.7 Å². The minimum atomic E-state index is -0.451. The van der Waals surface area contributed by atoms with Crippen LogP contribution < -0.4 is 9.47 Å². The summed E-state index contributed by atoms with van der Waals surface area (Å²) < 4.78 is 11.0. The minimum Gasteiger partial charge on any atom is -0.454 e. The molecule has 0 spiro atoms. The molecule has 4 aliphatic rings. The summed E-state index contributed by atoms with van der Waals surface area (Å²) >= 11 is 0. The van der Waals surface area contributed by atoms with Crippen LogP contribution in [0.2, 0.25) is 0 Å². The summed E-state index contributed by atoms with van der Waals surface area (Å²) in [7, 11) is 0. The molecule has 3 heterocycles. The van der Waals surface area contributed by atoms with E-state index < -0.39 is 17.6 Å². The lowest BCUT2D eigenvalue weighted by molar-refractivity contribution is 0.0937. The Morgan fingerprint density at radius 3 is 2.86 bits per heavy atom. The van der Waals surface area contributed by atoms with Gasteiger partial charge in [-0.3, -0.25) is 4.90 Å². The van der Waals surface area contributed by atoms with Gasteiger partial charge in [-0.25, -0.2) is 0 Å². The van der Waals surface area contributed by atoms with Gasteiger partial charge in [-0.15, -0.1) is 0 Å². The summed E-state index contributed by atoms with van der Waals surface area (Å²) in [5.74, 6) is 1.55. The van der Waals surface area contributed by atoms with Crippen LogP contribution in [0.4, 0.5) is 0 Å². The molecule has 5 heteroatoms. The number of hydrogen-bond donors (Lipinski definition) is 2. The van der Waals surface area contributed by atoms with E-state index in [0.717, 1.165) is 23.6 Å². The number of ether oxygens (including phenoxy) is 2. The fourth-order valence-corrected chi connectivity index (χ4v) is 4.53. The SMILES string of the molecule is OC1CN2Cc3cc4c(cc3[C@]13C=C[C@H](O)CC23)OCO4. The van der Waals surface area contributed by atoms with Crippen LogP contribution in [-0.4, -0.2) is 46.7 Å². The Morgan fingerprint density at radius 1 is 1.19 bits per heavy atom. The lowest BCUT2D eigenvalue weighted by atomic mass is 9.65. The zero-order chi connectivity index (χ0) is 14.2. The Balaban J connectivity index is 1.76. The van der Waals surface area contributed by atoms with E-state index in [1.165, 1.54) is 5.56 Å². The molecule has 0 amide bonds.